The predicted molar refractivity (Wildman–Crippen MR) is 348 cm³/mol. The van der Waals surface area contributed by atoms with E-state index in [2.05, 4.69) is 196 Å². The summed E-state index contributed by atoms with van der Waals surface area (Å²) in [6.07, 6.45) is 68.5. The second-order valence-electron chi connectivity index (χ2n) is 23.7. The van der Waals surface area contributed by atoms with Crippen molar-refractivity contribution in [3.05, 3.63) is 175 Å². The average molecular weight is 1040 g/mol. The van der Waals surface area contributed by atoms with Crippen LogP contribution in [0.4, 0.5) is 0 Å². The molecule has 0 bridgehead atoms. The molecule has 0 aliphatic carbocycles. The van der Waals surface area contributed by atoms with E-state index in [0.717, 1.165) is 103 Å². The molecule has 0 saturated heterocycles. The highest BCUT2D eigenvalue weighted by Gasteiger charge is 2.00. The van der Waals surface area contributed by atoms with Gasteiger partial charge in [-0.1, -0.05) is 175 Å². The molecule has 0 heterocycles. The van der Waals surface area contributed by atoms with Gasteiger partial charge in [-0.2, -0.15) is 0 Å². The third kappa shape index (κ3) is 48.4. The molecule has 428 valence electrons. The molecule has 0 aromatic heterocycles. The monoisotopic (exact) mass is 1040 g/mol. The number of allylic oxidation sites excluding steroid dienone is 29. The molecule has 0 atom stereocenters. The molecule has 0 aromatic carbocycles. The maximum atomic E-state index is 9.02. The second-order valence-corrected chi connectivity index (χ2v) is 23.7. The summed E-state index contributed by atoms with van der Waals surface area (Å²) in [6.45, 7) is 36.5. The minimum absolute atomic E-state index is 0.148. The lowest BCUT2D eigenvalue weighted by atomic mass is 10.0. The Labute approximate surface area is 474 Å². The number of aliphatic hydroxyl groups is 1. The van der Waals surface area contributed by atoms with Gasteiger partial charge in [0.1, 0.15) is 0 Å². The molecule has 1 nitrogen and oxygen atoms in total. The topological polar surface area (TPSA) is 20.2 Å². The Morgan fingerprint density at radius 2 is 0.276 bits per heavy atom. The van der Waals surface area contributed by atoms with Gasteiger partial charge in [0, 0.05) is 0 Å². The van der Waals surface area contributed by atoms with Gasteiger partial charge in [-0.25, -0.2) is 0 Å². The summed E-state index contributed by atoms with van der Waals surface area (Å²) in [7, 11) is 0. The van der Waals surface area contributed by atoms with E-state index in [-0.39, 0.29) is 6.61 Å². The average Bonchev–Trinajstić information content (AvgIpc) is 3.34. The Balaban J connectivity index is 4.32. The van der Waals surface area contributed by atoms with Crippen molar-refractivity contribution >= 4 is 0 Å². The van der Waals surface area contributed by atoms with Crippen molar-refractivity contribution in [2.24, 2.45) is 0 Å². The van der Waals surface area contributed by atoms with Crippen LogP contribution in [0.3, 0.4) is 0 Å². The first-order valence-electron chi connectivity index (χ1n) is 30.7. The van der Waals surface area contributed by atoms with Crippen molar-refractivity contribution < 1.29 is 5.11 Å². The van der Waals surface area contributed by atoms with Crippen LogP contribution < -0.4 is 0 Å². The lowest BCUT2D eigenvalue weighted by molar-refractivity contribution is 0.341. The first-order chi connectivity index (χ1) is 36.3. The summed E-state index contributed by atoms with van der Waals surface area (Å²) in [5.41, 5.74) is 22.5. The summed E-state index contributed by atoms with van der Waals surface area (Å²) in [4.78, 5) is 0. The number of rotatable bonds is 43. The van der Waals surface area contributed by atoms with E-state index in [1.165, 1.54) is 161 Å². The highest BCUT2D eigenvalue weighted by molar-refractivity contribution is 5.13. The first kappa shape index (κ1) is 72.1. The van der Waals surface area contributed by atoms with Crippen molar-refractivity contribution in [3.8, 4) is 0 Å². The van der Waals surface area contributed by atoms with Crippen molar-refractivity contribution in [2.75, 3.05) is 6.61 Å². The molecule has 0 unspecified atom stereocenters. The van der Waals surface area contributed by atoms with Crippen LogP contribution in [0.1, 0.15) is 291 Å². The van der Waals surface area contributed by atoms with Crippen LogP contribution in [0.15, 0.2) is 175 Å². The van der Waals surface area contributed by atoms with E-state index in [1.807, 2.05) is 6.08 Å². The van der Waals surface area contributed by atoms with E-state index in [4.69, 9.17) is 5.11 Å². The smallest absolute Gasteiger partial charge is 0.0614 e. The molecule has 0 rings (SSSR count). The minimum atomic E-state index is 0.148. The fourth-order valence-electron chi connectivity index (χ4n) is 9.27. The summed E-state index contributed by atoms with van der Waals surface area (Å²) >= 11 is 0. The molecule has 0 fully saturated rings. The molecular formula is C75H122O. The predicted octanol–water partition coefficient (Wildman–Crippen LogP) is 25.1. The fraction of sp³-hybridized carbons (Fsp3) is 0.600. The highest BCUT2D eigenvalue weighted by Crippen LogP contribution is 2.20. The third-order valence-corrected chi connectivity index (χ3v) is 14.9. The normalized spacial score (nSPS) is 15.2. The van der Waals surface area contributed by atoms with Gasteiger partial charge in [-0.15, -0.1) is 0 Å². The Kier molecular flexibility index (Phi) is 45.7. The lowest BCUT2D eigenvalue weighted by Crippen LogP contribution is -1.84. The molecule has 0 aromatic rings. The van der Waals surface area contributed by atoms with E-state index < -0.39 is 0 Å². The molecule has 76 heavy (non-hydrogen) atoms. The molecule has 0 aliphatic heterocycles. The van der Waals surface area contributed by atoms with Gasteiger partial charge >= 0.3 is 0 Å². The zero-order valence-corrected chi connectivity index (χ0v) is 53.1. The van der Waals surface area contributed by atoms with E-state index in [1.54, 1.807) is 0 Å². The van der Waals surface area contributed by atoms with Gasteiger partial charge in [0.05, 0.1) is 6.61 Å². The Morgan fingerprint density at radius 1 is 0.171 bits per heavy atom. The minimum Gasteiger partial charge on any atom is -0.392 e. The van der Waals surface area contributed by atoms with Crippen molar-refractivity contribution in [1.29, 1.82) is 0 Å². The SMILES string of the molecule is CC(C)=CCC/C(C)=C/CC/C(C)=C/CC/C(C)=C/CC/C(C)=C/CC/C(C)=C/CC/C(C)=C/CC/C(C)=C/CC/C(C)=C/CC/C(C)=C/CC/C(C)=C/CC/C(C)=C/CC/C(C)=C/CC/C(C)=C/CC/C(C)=C/CO. The van der Waals surface area contributed by atoms with Crippen molar-refractivity contribution in [1.82, 2.24) is 0 Å². The van der Waals surface area contributed by atoms with Crippen LogP contribution in [0, 0.1) is 0 Å². The van der Waals surface area contributed by atoms with Crippen LogP contribution in [-0.4, -0.2) is 11.7 Å². The molecule has 0 radical (unpaired) electrons. The molecule has 0 aliphatic rings. The Morgan fingerprint density at radius 3 is 0.382 bits per heavy atom. The standard InChI is InChI=1S/C75H122O/c1-61(2)31-17-32-62(3)33-18-34-63(4)35-19-36-64(5)37-20-38-65(6)39-21-40-66(7)41-22-42-67(8)43-23-44-68(9)45-24-46-69(10)47-25-48-70(11)49-26-50-71(12)51-27-52-72(13)53-28-54-73(14)55-29-56-74(15)57-30-58-75(16)59-60-76/h31,33,35,37,39,41,43,45,47,49,51,53,55,57,59,76H,17-30,32,34,36,38,40,42,44,46,48,50,52,54,56,58,60H2,1-16H3/b62-33+,63-35+,64-37+,65-39+,66-41+,67-43+,68-45+,69-47+,70-49+,71-51+,72-53+,73-55+,74-57+,75-59+. The highest BCUT2D eigenvalue weighted by atomic mass is 16.2. The lowest BCUT2D eigenvalue weighted by Gasteiger charge is -2.04. The van der Waals surface area contributed by atoms with Crippen LogP contribution in [0.2, 0.25) is 0 Å². The third-order valence-electron chi connectivity index (χ3n) is 14.9. The van der Waals surface area contributed by atoms with E-state index >= 15 is 0 Å². The van der Waals surface area contributed by atoms with Crippen LogP contribution >= 0.6 is 0 Å². The fourth-order valence-corrected chi connectivity index (χ4v) is 9.27. The van der Waals surface area contributed by atoms with Gasteiger partial charge in [-0.05, 0) is 291 Å². The van der Waals surface area contributed by atoms with Gasteiger partial charge in [0.2, 0.25) is 0 Å². The zero-order valence-electron chi connectivity index (χ0n) is 53.1. The summed E-state index contributed by atoms with van der Waals surface area (Å²) in [5.74, 6) is 0. The number of hydrogen-bond donors (Lipinski definition) is 1. The van der Waals surface area contributed by atoms with Crippen LogP contribution in [-0.2, 0) is 0 Å². The number of aliphatic hydroxyl groups excluding tert-OH is 1. The van der Waals surface area contributed by atoms with Crippen LogP contribution in [0.5, 0.6) is 0 Å². The largest absolute Gasteiger partial charge is 0.392 e. The maximum Gasteiger partial charge on any atom is 0.0614 e. The Hall–Kier alpha value is -3.94. The maximum absolute atomic E-state index is 9.02. The quantitative estimate of drug-likeness (QED) is 0.0604. The summed E-state index contributed by atoms with van der Waals surface area (Å²) in [6, 6.07) is 0. The zero-order chi connectivity index (χ0) is 56.8. The first-order valence-corrected chi connectivity index (χ1v) is 30.7. The van der Waals surface area contributed by atoms with E-state index in [9.17, 15) is 0 Å². The van der Waals surface area contributed by atoms with Crippen molar-refractivity contribution in [3.63, 3.8) is 0 Å². The van der Waals surface area contributed by atoms with Crippen LogP contribution in [0.25, 0.3) is 0 Å². The molecule has 0 saturated carbocycles. The molecule has 0 spiro atoms. The van der Waals surface area contributed by atoms with Gasteiger partial charge < -0.3 is 5.11 Å². The van der Waals surface area contributed by atoms with Gasteiger partial charge in [0.15, 0.2) is 0 Å². The van der Waals surface area contributed by atoms with E-state index in [0.29, 0.717) is 0 Å². The number of hydrogen-bond acceptors (Lipinski definition) is 1. The molecule has 1 heteroatoms. The van der Waals surface area contributed by atoms with Gasteiger partial charge in [0.25, 0.3) is 0 Å². The summed E-state index contributed by atoms with van der Waals surface area (Å²) < 4.78 is 0. The summed E-state index contributed by atoms with van der Waals surface area (Å²) in [5, 5.41) is 9.02. The molecule has 1 N–H and O–H groups in total. The second kappa shape index (κ2) is 48.2. The molecular weight excluding hydrogens is 917 g/mol. The Bertz CT molecular complexity index is 2060. The van der Waals surface area contributed by atoms with Crippen molar-refractivity contribution in [2.45, 2.75) is 291 Å². The van der Waals surface area contributed by atoms with Gasteiger partial charge in [-0.3, -0.25) is 0 Å². The molecule has 0 amide bonds.